The summed E-state index contributed by atoms with van der Waals surface area (Å²) >= 11 is 3.81. The Kier molecular flexibility index (Phi) is 4.36. The smallest absolute Gasteiger partial charge is 0.179 e. The van der Waals surface area contributed by atoms with E-state index in [1.807, 2.05) is 0 Å². The first-order chi connectivity index (χ1) is 11.1. The van der Waals surface area contributed by atoms with Crippen LogP contribution in [0.5, 0.6) is 5.75 Å². The zero-order chi connectivity index (χ0) is 17.9. The molecule has 0 aliphatic heterocycles. The van der Waals surface area contributed by atoms with Gasteiger partial charge in [-0.15, -0.1) is 0 Å². The summed E-state index contributed by atoms with van der Waals surface area (Å²) in [7, 11) is -1.96. The van der Waals surface area contributed by atoms with Gasteiger partial charge in [-0.05, 0) is 57.1 Å². The standard InChI is InChI=1S/C18H23BrO4S/c1-10-13(5-6-15(17(10)23-3)24(4,21)22)16(20)12-7-11-8-14(11)18(2,19)9-12/h5-6,11-12,14H,7-9H2,1-4H3. The largest absolute Gasteiger partial charge is 0.495 e. The molecule has 2 aliphatic carbocycles. The Hall–Kier alpha value is -0.880. The maximum Gasteiger partial charge on any atom is 0.179 e. The quantitative estimate of drug-likeness (QED) is 0.555. The Morgan fingerprint density at radius 1 is 1.33 bits per heavy atom. The molecule has 0 N–H and O–H groups in total. The summed E-state index contributed by atoms with van der Waals surface area (Å²) in [6.07, 6.45) is 4.10. The first kappa shape index (κ1) is 17.9. The SMILES string of the molecule is COc1c(S(C)(=O)=O)ccc(C(=O)C2CC3CC3C(C)(Br)C2)c1C. The third-order valence-electron chi connectivity index (χ3n) is 5.54. The molecule has 0 spiro atoms. The number of hydrogen-bond donors (Lipinski definition) is 0. The van der Waals surface area contributed by atoms with Crippen LogP contribution in [0.3, 0.4) is 0 Å². The molecular formula is C18H23BrO4S. The number of rotatable bonds is 4. The Morgan fingerprint density at radius 3 is 2.54 bits per heavy atom. The van der Waals surface area contributed by atoms with Crippen LogP contribution in [0.4, 0.5) is 0 Å². The number of halogens is 1. The molecule has 6 heteroatoms. The molecule has 132 valence electrons. The number of carbonyl (C=O) groups excluding carboxylic acids is 1. The number of sulfone groups is 1. The number of benzene rings is 1. The lowest BCUT2D eigenvalue weighted by Crippen LogP contribution is -2.33. The van der Waals surface area contributed by atoms with Crippen molar-refractivity contribution in [3.05, 3.63) is 23.3 Å². The van der Waals surface area contributed by atoms with Crippen molar-refractivity contribution < 1.29 is 17.9 Å². The Balaban J connectivity index is 1.96. The average Bonchev–Trinajstić information content (AvgIpc) is 3.25. The molecule has 2 fully saturated rings. The minimum atomic E-state index is -3.40. The van der Waals surface area contributed by atoms with Crippen molar-refractivity contribution in [2.75, 3.05) is 13.4 Å². The number of hydrogen-bond acceptors (Lipinski definition) is 4. The lowest BCUT2D eigenvalue weighted by Gasteiger charge is -2.33. The van der Waals surface area contributed by atoms with E-state index < -0.39 is 9.84 Å². The predicted molar refractivity (Wildman–Crippen MR) is 96.8 cm³/mol. The van der Waals surface area contributed by atoms with Gasteiger partial charge < -0.3 is 4.74 Å². The lowest BCUT2D eigenvalue weighted by molar-refractivity contribution is 0.0872. The molecule has 4 nitrogen and oxygen atoms in total. The zero-order valence-corrected chi connectivity index (χ0v) is 16.8. The fourth-order valence-corrected chi connectivity index (χ4v) is 6.07. The molecule has 0 bridgehead atoms. The molecule has 4 unspecified atom stereocenters. The molecule has 0 amide bonds. The van der Waals surface area contributed by atoms with Gasteiger partial charge in [0, 0.05) is 27.6 Å². The fraction of sp³-hybridized carbons (Fsp3) is 0.611. The van der Waals surface area contributed by atoms with E-state index in [4.69, 9.17) is 4.74 Å². The van der Waals surface area contributed by atoms with Crippen molar-refractivity contribution in [3.63, 3.8) is 0 Å². The summed E-state index contributed by atoms with van der Waals surface area (Å²) in [4.78, 5) is 13.2. The number of carbonyl (C=O) groups is 1. The molecule has 2 saturated carbocycles. The van der Waals surface area contributed by atoms with Crippen molar-refractivity contribution in [1.29, 1.82) is 0 Å². The van der Waals surface area contributed by atoms with Crippen LogP contribution in [0.15, 0.2) is 17.0 Å². The molecule has 0 aromatic heterocycles. The van der Waals surface area contributed by atoms with Crippen molar-refractivity contribution in [2.45, 2.75) is 42.3 Å². The van der Waals surface area contributed by atoms with Crippen molar-refractivity contribution in [3.8, 4) is 5.75 Å². The van der Waals surface area contributed by atoms with E-state index in [0.29, 0.717) is 23.0 Å². The van der Waals surface area contributed by atoms with Gasteiger partial charge in [0.1, 0.15) is 10.6 Å². The summed E-state index contributed by atoms with van der Waals surface area (Å²) < 4.78 is 29.2. The van der Waals surface area contributed by atoms with Crippen molar-refractivity contribution in [2.24, 2.45) is 17.8 Å². The number of ketones is 1. The van der Waals surface area contributed by atoms with Crippen molar-refractivity contribution >= 4 is 31.6 Å². The van der Waals surface area contributed by atoms with E-state index in [0.717, 1.165) is 19.1 Å². The second-order valence-electron chi connectivity index (χ2n) is 7.42. The third-order valence-corrected chi connectivity index (χ3v) is 7.57. The summed E-state index contributed by atoms with van der Waals surface area (Å²) in [5, 5.41) is 0. The van der Waals surface area contributed by atoms with E-state index in [-0.39, 0.29) is 26.7 Å². The molecule has 2 aliphatic rings. The van der Waals surface area contributed by atoms with Gasteiger partial charge in [-0.25, -0.2) is 8.42 Å². The van der Waals surface area contributed by atoms with E-state index in [1.165, 1.54) is 19.6 Å². The molecule has 4 atom stereocenters. The summed E-state index contributed by atoms with van der Waals surface area (Å²) in [5.74, 6) is 1.68. The first-order valence-corrected chi connectivity index (χ1v) is 10.9. The predicted octanol–water partition coefficient (Wildman–Crippen LogP) is 3.79. The van der Waals surface area contributed by atoms with Gasteiger partial charge in [-0.3, -0.25) is 4.79 Å². The number of fused-ring (bicyclic) bond motifs is 1. The van der Waals surface area contributed by atoms with Crippen LogP contribution < -0.4 is 4.74 Å². The van der Waals surface area contributed by atoms with Gasteiger partial charge in [0.05, 0.1) is 7.11 Å². The van der Waals surface area contributed by atoms with Gasteiger partial charge in [-0.1, -0.05) is 15.9 Å². The van der Waals surface area contributed by atoms with Crippen LogP contribution >= 0.6 is 15.9 Å². The van der Waals surface area contributed by atoms with Crippen molar-refractivity contribution in [1.82, 2.24) is 0 Å². The zero-order valence-electron chi connectivity index (χ0n) is 14.4. The highest BCUT2D eigenvalue weighted by Gasteiger charge is 2.55. The monoisotopic (exact) mass is 414 g/mol. The summed E-state index contributed by atoms with van der Waals surface area (Å²) in [5.41, 5.74) is 1.19. The normalized spacial score (nSPS) is 32.1. The Labute approximate surface area is 152 Å². The summed E-state index contributed by atoms with van der Waals surface area (Å²) in [6.45, 7) is 3.94. The maximum atomic E-state index is 13.1. The van der Waals surface area contributed by atoms with E-state index in [2.05, 4.69) is 22.9 Å². The average molecular weight is 415 g/mol. The molecule has 0 heterocycles. The minimum absolute atomic E-state index is 0.0226. The molecular weight excluding hydrogens is 392 g/mol. The van der Waals surface area contributed by atoms with Crippen LogP contribution in [-0.2, 0) is 9.84 Å². The minimum Gasteiger partial charge on any atom is -0.495 e. The Morgan fingerprint density at radius 2 is 2.00 bits per heavy atom. The second kappa shape index (κ2) is 5.84. The van der Waals surface area contributed by atoms with Gasteiger partial charge >= 0.3 is 0 Å². The van der Waals surface area contributed by atoms with Crippen LogP contribution in [-0.4, -0.2) is 31.9 Å². The second-order valence-corrected chi connectivity index (χ2v) is 11.2. The highest BCUT2D eigenvalue weighted by atomic mass is 79.9. The lowest BCUT2D eigenvalue weighted by atomic mass is 9.78. The third kappa shape index (κ3) is 3.03. The number of alkyl halides is 1. The molecule has 24 heavy (non-hydrogen) atoms. The van der Waals surface area contributed by atoms with Crippen LogP contribution in [0, 0.1) is 24.7 Å². The number of ether oxygens (including phenoxy) is 1. The topological polar surface area (TPSA) is 60.4 Å². The van der Waals surface area contributed by atoms with Crippen LogP contribution in [0.2, 0.25) is 0 Å². The molecule has 0 saturated heterocycles. The highest BCUT2D eigenvalue weighted by Crippen LogP contribution is 2.60. The van der Waals surface area contributed by atoms with Gasteiger partial charge in [0.15, 0.2) is 15.6 Å². The van der Waals surface area contributed by atoms with Gasteiger partial charge in [-0.2, -0.15) is 0 Å². The number of methoxy groups -OCH3 is 1. The highest BCUT2D eigenvalue weighted by molar-refractivity contribution is 9.10. The molecule has 0 radical (unpaired) electrons. The number of Topliss-reactive ketones (excluding diaryl/α,β-unsaturated/α-hetero) is 1. The van der Waals surface area contributed by atoms with Crippen LogP contribution in [0.1, 0.15) is 42.1 Å². The first-order valence-electron chi connectivity index (χ1n) is 8.17. The molecule has 3 rings (SSSR count). The molecule has 1 aromatic carbocycles. The van der Waals surface area contributed by atoms with E-state index in [1.54, 1.807) is 13.0 Å². The van der Waals surface area contributed by atoms with Gasteiger partial charge in [0.25, 0.3) is 0 Å². The molecule has 1 aromatic rings. The van der Waals surface area contributed by atoms with Crippen LogP contribution in [0.25, 0.3) is 0 Å². The van der Waals surface area contributed by atoms with Gasteiger partial charge in [0.2, 0.25) is 0 Å². The maximum absolute atomic E-state index is 13.1. The van der Waals surface area contributed by atoms with E-state index in [9.17, 15) is 13.2 Å². The Bertz CT molecular complexity index is 797. The fourth-order valence-electron chi connectivity index (χ4n) is 4.23. The summed E-state index contributed by atoms with van der Waals surface area (Å²) in [6, 6.07) is 3.13. The van der Waals surface area contributed by atoms with E-state index >= 15 is 0 Å².